The van der Waals surface area contributed by atoms with Crippen LogP contribution in [0.25, 0.3) is 0 Å². The number of aromatic nitrogens is 2. The number of hydrogen-bond donors (Lipinski definition) is 1. The monoisotopic (exact) mass is 361 g/mol. The lowest BCUT2D eigenvalue weighted by Gasteiger charge is -2.13. The molecule has 0 radical (unpaired) electrons. The Morgan fingerprint density at radius 1 is 1.19 bits per heavy atom. The van der Waals surface area contributed by atoms with Crippen molar-refractivity contribution in [1.29, 1.82) is 0 Å². The summed E-state index contributed by atoms with van der Waals surface area (Å²) in [5, 5.41) is 2.66. The van der Waals surface area contributed by atoms with Crippen LogP contribution in [0, 0.1) is 6.92 Å². The number of ether oxygens (including phenoxy) is 3. The fourth-order valence-electron chi connectivity index (χ4n) is 2.25. The van der Waals surface area contributed by atoms with Gasteiger partial charge in [-0.3, -0.25) is 14.2 Å². The number of carbonyl (C=O) groups excluding carboxylic acids is 2. The molecule has 0 unspecified atom stereocenters. The van der Waals surface area contributed by atoms with Gasteiger partial charge in [0.15, 0.2) is 0 Å². The third kappa shape index (κ3) is 4.00. The predicted molar refractivity (Wildman–Crippen MR) is 92.7 cm³/mol. The number of hydrogen-bond acceptors (Lipinski definition) is 7. The van der Waals surface area contributed by atoms with Gasteiger partial charge < -0.3 is 19.5 Å². The molecule has 1 aromatic heterocycles. The van der Waals surface area contributed by atoms with Crippen LogP contribution in [0.2, 0.25) is 0 Å². The van der Waals surface area contributed by atoms with Crippen molar-refractivity contribution in [3.05, 3.63) is 46.1 Å². The summed E-state index contributed by atoms with van der Waals surface area (Å²) in [5.41, 5.74) is -0.477. The van der Waals surface area contributed by atoms with Crippen molar-refractivity contribution in [2.24, 2.45) is 0 Å². The number of benzene rings is 1. The summed E-state index contributed by atoms with van der Waals surface area (Å²) < 4.78 is 16.0. The quantitative estimate of drug-likeness (QED) is 0.764. The number of carbonyl (C=O) groups is 2. The van der Waals surface area contributed by atoms with Gasteiger partial charge in [-0.1, -0.05) is 0 Å². The fourth-order valence-corrected chi connectivity index (χ4v) is 2.25. The minimum Gasteiger partial charge on any atom is -0.497 e. The summed E-state index contributed by atoms with van der Waals surface area (Å²) in [6.45, 7) is 1.24. The molecule has 26 heavy (non-hydrogen) atoms. The standard InChI is InChI=1S/C17H19N3O6/c1-10-18-8-12(17(23)26-4)16(22)20(10)9-15(21)19-13-6-5-11(24-2)7-14(13)25-3/h5-8H,9H2,1-4H3,(H,19,21). The lowest BCUT2D eigenvalue weighted by Crippen LogP contribution is -2.33. The third-order valence-electron chi connectivity index (χ3n) is 3.64. The molecule has 1 amide bonds. The van der Waals surface area contributed by atoms with Crippen LogP contribution in [0.15, 0.2) is 29.2 Å². The first-order valence-electron chi connectivity index (χ1n) is 7.57. The molecule has 1 N–H and O–H groups in total. The molecule has 0 atom stereocenters. The molecule has 0 aliphatic rings. The Hall–Kier alpha value is -3.36. The van der Waals surface area contributed by atoms with Crippen LogP contribution in [-0.2, 0) is 16.1 Å². The number of esters is 1. The van der Waals surface area contributed by atoms with Crippen LogP contribution >= 0.6 is 0 Å². The van der Waals surface area contributed by atoms with Crippen molar-refractivity contribution >= 4 is 17.6 Å². The summed E-state index contributed by atoms with van der Waals surface area (Å²) in [7, 11) is 4.14. The predicted octanol–water partition coefficient (Wildman–Crippen LogP) is 0.994. The minimum atomic E-state index is -0.812. The summed E-state index contributed by atoms with van der Waals surface area (Å²) in [4.78, 5) is 40.3. The maximum atomic E-state index is 12.4. The minimum absolute atomic E-state index is 0.243. The van der Waals surface area contributed by atoms with E-state index in [0.717, 1.165) is 17.9 Å². The molecule has 0 fully saturated rings. The van der Waals surface area contributed by atoms with Crippen molar-refractivity contribution in [1.82, 2.24) is 9.55 Å². The van der Waals surface area contributed by atoms with Crippen molar-refractivity contribution in [3.8, 4) is 11.5 Å². The summed E-state index contributed by atoms with van der Waals surface area (Å²) in [6, 6.07) is 4.90. The molecule has 9 heteroatoms. The van der Waals surface area contributed by atoms with Gasteiger partial charge in [0.05, 0.1) is 27.0 Å². The van der Waals surface area contributed by atoms with E-state index in [1.165, 1.54) is 14.2 Å². The number of nitrogens with zero attached hydrogens (tertiary/aromatic N) is 2. The van der Waals surface area contributed by atoms with E-state index in [1.807, 2.05) is 0 Å². The second-order valence-corrected chi connectivity index (χ2v) is 5.22. The molecule has 138 valence electrons. The van der Waals surface area contributed by atoms with Gasteiger partial charge in [-0.05, 0) is 19.1 Å². The number of amides is 1. The van der Waals surface area contributed by atoms with Crippen LogP contribution in [0.4, 0.5) is 5.69 Å². The van der Waals surface area contributed by atoms with Gasteiger partial charge in [0.25, 0.3) is 5.56 Å². The van der Waals surface area contributed by atoms with Gasteiger partial charge >= 0.3 is 5.97 Å². The van der Waals surface area contributed by atoms with E-state index < -0.39 is 17.4 Å². The Morgan fingerprint density at radius 2 is 1.92 bits per heavy atom. The summed E-state index contributed by atoms with van der Waals surface area (Å²) in [6.07, 6.45) is 1.13. The molecular formula is C17H19N3O6. The smallest absolute Gasteiger partial charge is 0.345 e. The van der Waals surface area contributed by atoms with Crippen LogP contribution in [0.5, 0.6) is 11.5 Å². The topological polar surface area (TPSA) is 109 Å². The van der Waals surface area contributed by atoms with Crippen molar-refractivity contribution in [2.45, 2.75) is 13.5 Å². The van der Waals surface area contributed by atoms with Gasteiger partial charge in [-0.15, -0.1) is 0 Å². The van der Waals surface area contributed by atoms with E-state index in [4.69, 9.17) is 9.47 Å². The highest BCUT2D eigenvalue weighted by atomic mass is 16.5. The molecule has 0 saturated carbocycles. The van der Waals surface area contributed by atoms with Gasteiger partial charge in [0.1, 0.15) is 29.4 Å². The number of rotatable bonds is 6. The fraction of sp³-hybridized carbons (Fsp3) is 0.294. The molecular weight excluding hydrogens is 342 g/mol. The second-order valence-electron chi connectivity index (χ2n) is 5.22. The molecule has 1 heterocycles. The largest absolute Gasteiger partial charge is 0.497 e. The maximum Gasteiger partial charge on any atom is 0.345 e. The van der Waals surface area contributed by atoms with Crippen LogP contribution in [0.1, 0.15) is 16.2 Å². The number of aryl methyl sites for hydroxylation is 1. The molecule has 9 nitrogen and oxygen atoms in total. The Labute approximate surface area is 149 Å². The van der Waals surface area contributed by atoms with Crippen molar-refractivity contribution in [2.75, 3.05) is 26.6 Å². The zero-order chi connectivity index (χ0) is 19.3. The highest BCUT2D eigenvalue weighted by molar-refractivity contribution is 5.92. The highest BCUT2D eigenvalue weighted by Gasteiger charge is 2.17. The third-order valence-corrected chi connectivity index (χ3v) is 3.64. The van der Waals surface area contributed by atoms with E-state index in [9.17, 15) is 14.4 Å². The molecule has 0 saturated heterocycles. The average molecular weight is 361 g/mol. The van der Waals surface area contributed by atoms with Crippen LogP contribution in [0.3, 0.4) is 0 Å². The van der Waals surface area contributed by atoms with E-state index in [-0.39, 0.29) is 12.1 Å². The van der Waals surface area contributed by atoms with Crippen molar-refractivity contribution in [3.63, 3.8) is 0 Å². The van der Waals surface area contributed by atoms with Gasteiger partial charge in [-0.25, -0.2) is 9.78 Å². The van der Waals surface area contributed by atoms with Crippen molar-refractivity contribution < 1.29 is 23.8 Å². The summed E-state index contributed by atoms with van der Waals surface area (Å²) in [5.74, 6) is -0.0273. The van der Waals surface area contributed by atoms with E-state index in [1.54, 1.807) is 25.1 Å². The Balaban J connectivity index is 2.26. The SMILES string of the molecule is COC(=O)c1cnc(C)n(CC(=O)Nc2ccc(OC)cc2OC)c1=O. The Morgan fingerprint density at radius 3 is 2.54 bits per heavy atom. The first-order chi connectivity index (χ1) is 12.4. The first kappa shape index (κ1) is 19.0. The van der Waals surface area contributed by atoms with Gasteiger partial charge in [0, 0.05) is 12.3 Å². The Kier molecular flexibility index (Phi) is 5.94. The number of anilines is 1. The normalized spacial score (nSPS) is 10.2. The lowest BCUT2D eigenvalue weighted by molar-refractivity contribution is -0.116. The van der Waals surface area contributed by atoms with E-state index in [2.05, 4.69) is 15.0 Å². The molecule has 2 rings (SSSR count). The molecule has 2 aromatic rings. The molecule has 1 aromatic carbocycles. The zero-order valence-corrected chi connectivity index (χ0v) is 14.9. The Bertz CT molecular complexity index is 891. The highest BCUT2D eigenvalue weighted by Crippen LogP contribution is 2.28. The number of methoxy groups -OCH3 is 3. The van der Waals surface area contributed by atoms with E-state index >= 15 is 0 Å². The number of nitrogens with one attached hydrogen (secondary N) is 1. The molecule has 0 bridgehead atoms. The van der Waals surface area contributed by atoms with Gasteiger partial charge in [0.2, 0.25) is 5.91 Å². The lowest BCUT2D eigenvalue weighted by atomic mass is 10.2. The maximum absolute atomic E-state index is 12.4. The van der Waals surface area contributed by atoms with E-state index in [0.29, 0.717) is 23.0 Å². The molecule has 0 spiro atoms. The van der Waals surface area contributed by atoms with Gasteiger partial charge in [-0.2, -0.15) is 0 Å². The molecule has 0 aliphatic carbocycles. The molecule has 0 aliphatic heterocycles. The average Bonchev–Trinajstić information content (AvgIpc) is 2.64. The zero-order valence-electron chi connectivity index (χ0n) is 14.9. The first-order valence-corrected chi connectivity index (χ1v) is 7.57. The van der Waals surface area contributed by atoms with Crippen LogP contribution in [-0.4, -0.2) is 42.8 Å². The summed E-state index contributed by atoms with van der Waals surface area (Å²) >= 11 is 0. The van der Waals surface area contributed by atoms with Crippen LogP contribution < -0.4 is 20.3 Å². The second kappa shape index (κ2) is 8.15.